The minimum Gasteiger partial charge on any atom is -0.314 e. The number of sulfonamides is 1. The summed E-state index contributed by atoms with van der Waals surface area (Å²) in [6, 6.07) is 6.30. The van der Waals surface area contributed by atoms with E-state index in [2.05, 4.69) is 5.32 Å². The minimum atomic E-state index is -3.49. The summed E-state index contributed by atoms with van der Waals surface area (Å²) in [5, 5.41) is 3.12. The predicted octanol–water partition coefficient (Wildman–Crippen LogP) is 1.29. The molecule has 112 valence electrons. The molecule has 1 aromatic rings. The largest absolute Gasteiger partial charge is 0.314 e. The Morgan fingerprint density at radius 2 is 1.95 bits per heavy atom. The summed E-state index contributed by atoms with van der Waals surface area (Å²) in [6.45, 7) is 4.02. The molecule has 1 fully saturated rings. The quantitative estimate of drug-likeness (QED) is 0.850. The molecule has 1 heterocycles. The van der Waals surface area contributed by atoms with Crippen molar-refractivity contribution in [1.29, 1.82) is 0 Å². The molecule has 1 saturated heterocycles. The summed E-state index contributed by atoms with van der Waals surface area (Å²) in [5.74, 6) is -0.0441. The highest BCUT2D eigenvalue weighted by Gasteiger charge is 2.26. The fraction of sp³-hybridized carbons (Fsp3) is 0.462. The van der Waals surface area contributed by atoms with Gasteiger partial charge in [0.15, 0.2) is 5.78 Å². The minimum absolute atomic E-state index is 0. The normalized spacial score (nSPS) is 16.4. The van der Waals surface area contributed by atoms with Crippen LogP contribution in [0.5, 0.6) is 0 Å². The molecule has 0 radical (unpaired) electrons. The lowest BCUT2D eigenvalue weighted by atomic mass is 10.1. The van der Waals surface area contributed by atoms with Crippen LogP contribution >= 0.6 is 12.4 Å². The number of rotatable bonds is 4. The van der Waals surface area contributed by atoms with Crippen molar-refractivity contribution in [3.63, 3.8) is 0 Å². The van der Waals surface area contributed by atoms with Crippen LogP contribution in [0.15, 0.2) is 29.2 Å². The molecule has 2 rings (SSSR count). The zero-order valence-electron chi connectivity index (χ0n) is 11.3. The number of ketones is 1. The van der Waals surface area contributed by atoms with Crippen molar-refractivity contribution in [2.75, 3.05) is 26.2 Å². The molecule has 1 N–H and O–H groups in total. The van der Waals surface area contributed by atoms with Crippen LogP contribution in [0.4, 0.5) is 0 Å². The van der Waals surface area contributed by atoms with Crippen LogP contribution in [-0.4, -0.2) is 44.7 Å². The van der Waals surface area contributed by atoms with E-state index in [0.29, 0.717) is 38.2 Å². The van der Waals surface area contributed by atoms with Gasteiger partial charge >= 0.3 is 0 Å². The first-order chi connectivity index (χ1) is 9.05. The molecule has 1 aliphatic rings. The number of carbonyl (C=O) groups excluding carboxylic acids is 1. The van der Waals surface area contributed by atoms with Crippen molar-refractivity contribution in [2.45, 2.75) is 18.2 Å². The number of benzene rings is 1. The van der Waals surface area contributed by atoms with Gasteiger partial charge in [0, 0.05) is 38.2 Å². The van der Waals surface area contributed by atoms with Gasteiger partial charge in [-0.25, -0.2) is 8.42 Å². The van der Waals surface area contributed by atoms with E-state index in [1.54, 1.807) is 25.1 Å². The molecule has 0 amide bonds. The molecular weight excluding hydrogens is 300 g/mol. The van der Waals surface area contributed by atoms with Gasteiger partial charge in [0.25, 0.3) is 0 Å². The molecule has 0 saturated carbocycles. The molecule has 1 aromatic carbocycles. The van der Waals surface area contributed by atoms with Gasteiger partial charge < -0.3 is 5.32 Å². The Hall–Kier alpha value is -0.950. The van der Waals surface area contributed by atoms with E-state index in [0.717, 1.165) is 0 Å². The van der Waals surface area contributed by atoms with Crippen LogP contribution in [0.2, 0.25) is 0 Å². The van der Waals surface area contributed by atoms with Gasteiger partial charge in [0.1, 0.15) is 0 Å². The Morgan fingerprint density at radius 1 is 1.30 bits per heavy atom. The van der Waals surface area contributed by atoms with E-state index >= 15 is 0 Å². The van der Waals surface area contributed by atoms with Gasteiger partial charge in [0.05, 0.1) is 4.90 Å². The lowest BCUT2D eigenvalue weighted by Gasteiger charge is -2.26. The average Bonchev–Trinajstić information content (AvgIpc) is 2.47. The lowest BCUT2D eigenvalue weighted by molar-refractivity contribution is 0.0988. The summed E-state index contributed by atoms with van der Waals surface area (Å²) < 4.78 is 26.3. The third kappa shape index (κ3) is 3.58. The van der Waals surface area contributed by atoms with Gasteiger partial charge in [-0.1, -0.05) is 19.1 Å². The summed E-state index contributed by atoms with van der Waals surface area (Å²) >= 11 is 0. The van der Waals surface area contributed by atoms with Crippen LogP contribution in [0.25, 0.3) is 0 Å². The van der Waals surface area contributed by atoms with E-state index in [9.17, 15) is 13.2 Å². The van der Waals surface area contributed by atoms with Crippen LogP contribution < -0.4 is 5.32 Å². The van der Waals surface area contributed by atoms with E-state index < -0.39 is 10.0 Å². The number of halogens is 1. The standard InChI is InChI=1S/C13H18N2O3S.ClH/c1-2-13(16)11-4-3-5-12(10-11)19(17,18)15-8-6-14-7-9-15;/h3-5,10,14H,2,6-9H2,1H3;1H. The fourth-order valence-corrected chi connectivity index (χ4v) is 3.56. The molecule has 0 aliphatic carbocycles. The first-order valence-corrected chi connectivity index (χ1v) is 7.84. The van der Waals surface area contributed by atoms with Gasteiger partial charge in [-0.3, -0.25) is 4.79 Å². The molecule has 5 nitrogen and oxygen atoms in total. The summed E-state index contributed by atoms with van der Waals surface area (Å²) in [4.78, 5) is 11.9. The van der Waals surface area contributed by atoms with Crippen LogP contribution in [0.1, 0.15) is 23.7 Å². The van der Waals surface area contributed by atoms with Gasteiger partial charge in [-0.2, -0.15) is 4.31 Å². The molecule has 1 aliphatic heterocycles. The number of Topliss-reactive ketones (excluding diaryl/α,β-unsaturated/α-hetero) is 1. The second kappa shape index (κ2) is 7.17. The van der Waals surface area contributed by atoms with Crippen molar-refractivity contribution in [3.8, 4) is 0 Å². The molecule has 0 aromatic heterocycles. The summed E-state index contributed by atoms with van der Waals surface area (Å²) in [7, 11) is -3.49. The van der Waals surface area contributed by atoms with E-state index in [1.807, 2.05) is 0 Å². The summed E-state index contributed by atoms with van der Waals surface area (Å²) in [6.07, 6.45) is 0.372. The van der Waals surface area contributed by atoms with Crippen LogP contribution in [0.3, 0.4) is 0 Å². The van der Waals surface area contributed by atoms with E-state index in [-0.39, 0.29) is 23.1 Å². The van der Waals surface area contributed by atoms with Crippen molar-refractivity contribution >= 4 is 28.2 Å². The SMILES string of the molecule is CCC(=O)c1cccc(S(=O)(=O)N2CCNCC2)c1.Cl. The Morgan fingerprint density at radius 3 is 2.55 bits per heavy atom. The Kier molecular flexibility index (Phi) is 6.13. The van der Waals surface area contributed by atoms with Crippen LogP contribution in [-0.2, 0) is 10.0 Å². The van der Waals surface area contributed by atoms with Crippen molar-refractivity contribution < 1.29 is 13.2 Å². The molecule has 20 heavy (non-hydrogen) atoms. The third-order valence-electron chi connectivity index (χ3n) is 3.19. The molecule has 0 unspecified atom stereocenters. The maximum absolute atomic E-state index is 12.4. The molecule has 0 bridgehead atoms. The maximum Gasteiger partial charge on any atom is 0.243 e. The topological polar surface area (TPSA) is 66.5 Å². The molecule has 0 atom stereocenters. The monoisotopic (exact) mass is 318 g/mol. The molecular formula is C13H19ClN2O3S. The molecule has 7 heteroatoms. The van der Waals surface area contributed by atoms with Gasteiger partial charge in [0.2, 0.25) is 10.0 Å². The number of nitrogens with zero attached hydrogens (tertiary/aromatic N) is 1. The number of carbonyl (C=O) groups is 1. The van der Waals surface area contributed by atoms with Crippen LogP contribution in [0, 0.1) is 0 Å². The Labute approximate surface area is 125 Å². The number of hydrogen-bond donors (Lipinski definition) is 1. The average molecular weight is 319 g/mol. The first-order valence-electron chi connectivity index (χ1n) is 6.40. The first kappa shape index (κ1) is 17.1. The van der Waals surface area contributed by atoms with Crippen molar-refractivity contribution in [1.82, 2.24) is 9.62 Å². The second-order valence-corrected chi connectivity index (χ2v) is 6.40. The second-order valence-electron chi connectivity index (χ2n) is 4.46. The third-order valence-corrected chi connectivity index (χ3v) is 5.09. The van der Waals surface area contributed by atoms with Gasteiger partial charge in [-0.15, -0.1) is 12.4 Å². The highest BCUT2D eigenvalue weighted by atomic mass is 35.5. The maximum atomic E-state index is 12.4. The zero-order chi connectivity index (χ0) is 13.9. The fourth-order valence-electron chi connectivity index (χ4n) is 2.07. The lowest BCUT2D eigenvalue weighted by Crippen LogP contribution is -2.46. The Bertz CT molecular complexity index is 569. The van der Waals surface area contributed by atoms with E-state index in [1.165, 1.54) is 10.4 Å². The van der Waals surface area contributed by atoms with E-state index in [4.69, 9.17) is 0 Å². The summed E-state index contributed by atoms with van der Waals surface area (Å²) in [5.41, 5.74) is 0.457. The zero-order valence-corrected chi connectivity index (χ0v) is 13.0. The highest BCUT2D eigenvalue weighted by Crippen LogP contribution is 2.18. The van der Waals surface area contributed by atoms with Crippen molar-refractivity contribution in [3.05, 3.63) is 29.8 Å². The predicted molar refractivity (Wildman–Crippen MR) is 79.9 cm³/mol. The number of piperazine rings is 1. The smallest absolute Gasteiger partial charge is 0.243 e. The molecule has 0 spiro atoms. The highest BCUT2D eigenvalue weighted by molar-refractivity contribution is 7.89. The van der Waals surface area contributed by atoms with Crippen molar-refractivity contribution in [2.24, 2.45) is 0 Å². The number of hydrogen-bond acceptors (Lipinski definition) is 4. The van der Waals surface area contributed by atoms with Gasteiger partial charge in [-0.05, 0) is 12.1 Å². The number of nitrogens with one attached hydrogen (secondary N) is 1. The Balaban J connectivity index is 0.00000200.